The van der Waals surface area contributed by atoms with Gasteiger partial charge < -0.3 is 20.6 Å². The Morgan fingerprint density at radius 2 is 1.64 bits per heavy atom. The largest absolute Gasteiger partial charge is 0.490 e. The summed E-state index contributed by atoms with van der Waals surface area (Å²) in [4.78, 5) is 25.7. The number of hydrogen-bond donors (Lipinski definition) is 3. The van der Waals surface area contributed by atoms with E-state index >= 15 is 0 Å². The third kappa shape index (κ3) is 6.36. The zero-order chi connectivity index (χ0) is 25.7. The fraction of sp³-hybridized carbons (Fsp3) is 0.417. The summed E-state index contributed by atoms with van der Waals surface area (Å²) in [5.41, 5.74) is 3.31. The quantitative estimate of drug-likeness (QED) is 0.452. The Morgan fingerprint density at radius 3 is 2.25 bits per heavy atom. The van der Waals surface area contributed by atoms with Crippen LogP contribution in [0.5, 0.6) is 0 Å². The van der Waals surface area contributed by atoms with Crippen molar-refractivity contribution in [3.05, 3.63) is 42.2 Å². The van der Waals surface area contributed by atoms with Gasteiger partial charge in [0.25, 0.3) is 0 Å². The number of carboxylic acids is 1. The molecule has 36 heavy (non-hydrogen) atoms. The number of aromatic nitrogens is 3. The molecule has 1 saturated heterocycles. The molecule has 0 radical (unpaired) electrons. The molecule has 0 amide bonds. The van der Waals surface area contributed by atoms with Crippen LogP contribution in [0.1, 0.15) is 25.7 Å². The Bertz CT molecular complexity index is 1190. The minimum Gasteiger partial charge on any atom is -0.475 e. The van der Waals surface area contributed by atoms with Crippen LogP contribution in [0.2, 0.25) is 0 Å². The molecule has 3 heterocycles. The van der Waals surface area contributed by atoms with Crippen LogP contribution in [0.4, 0.5) is 29.3 Å². The highest BCUT2D eigenvalue weighted by Gasteiger charge is 2.38. The maximum atomic E-state index is 13.3. The number of aliphatic carboxylic acids is 1. The first-order valence-electron chi connectivity index (χ1n) is 11.7. The van der Waals surface area contributed by atoms with E-state index in [0.717, 1.165) is 54.3 Å². The molecule has 3 N–H and O–H groups in total. The van der Waals surface area contributed by atoms with E-state index in [0.29, 0.717) is 12.0 Å². The van der Waals surface area contributed by atoms with Gasteiger partial charge in [-0.2, -0.15) is 18.2 Å². The third-order valence-electron chi connectivity index (χ3n) is 6.01. The van der Waals surface area contributed by atoms with Crippen molar-refractivity contribution in [1.29, 1.82) is 0 Å². The highest BCUT2D eigenvalue weighted by Crippen LogP contribution is 2.29. The van der Waals surface area contributed by atoms with Crippen LogP contribution < -0.4 is 15.5 Å². The number of alkyl halides is 3. The second kappa shape index (κ2) is 11.0. The smallest absolute Gasteiger partial charge is 0.475 e. The van der Waals surface area contributed by atoms with Gasteiger partial charge >= 0.3 is 12.1 Å². The molecule has 5 rings (SSSR count). The lowest BCUT2D eigenvalue weighted by Crippen LogP contribution is -2.44. The Morgan fingerprint density at radius 1 is 1.00 bits per heavy atom. The molecule has 2 fully saturated rings. The second-order valence-corrected chi connectivity index (χ2v) is 8.61. The Hall–Kier alpha value is -3.54. The molecule has 0 unspecified atom stereocenters. The van der Waals surface area contributed by atoms with Gasteiger partial charge in [0.1, 0.15) is 11.3 Å². The van der Waals surface area contributed by atoms with Crippen LogP contribution >= 0.6 is 0 Å². The van der Waals surface area contributed by atoms with E-state index in [1.54, 1.807) is 12.1 Å². The number of piperazine rings is 1. The molecule has 8 nitrogen and oxygen atoms in total. The number of fused-ring (bicyclic) bond motifs is 1. The second-order valence-electron chi connectivity index (χ2n) is 8.61. The molecule has 2 aromatic heterocycles. The molecule has 2 aliphatic rings. The van der Waals surface area contributed by atoms with Crippen molar-refractivity contribution in [2.45, 2.75) is 37.9 Å². The zero-order valence-electron chi connectivity index (χ0n) is 19.4. The van der Waals surface area contributed by atoms with Gasteiger partial charge in [0.2, 0.25) is 5.95 Å². The van der Waals surface area contributed by atoms with E-state index in [1.807, 2.05) is 12.1 Å². The summed E-state index contributed by atoms with van der Waals surface area (Å²) in [6, 6.07) is 10.8. The summed E-state index contributed by atoms with van der Waals surface area (Å²) >= 11 is 0. The maximum Gasteiger partial charge on any atom is 0.490 e. The lowest BCUT2D eigenvalue weighted by molar-refractivity contribution is -0.192. The van der Waals surface area contributed by atoms with E-state index in [2.05, 4.69) is 15.5 Å². The molecule has 12 heteroatoms. The normalized spacial score (nSPS) is 16.5. The Labute approximate surface area is 204 Å². The number of carbonyl (C=O) groups is 1. The van der Waals surface area contributed by atoms with Crippen LogP contribution in [-0.4, -0.2) is 64.4 Å². The predicted octanol–water partition coefficient (Wildman–Crippen LogP) is 4.23. The van der Waals surface area contributed by atoms with Crippen molar-refractivity contribution >= 4 is 28.8 Å². The fourth-order valence-electron chi connectivity index (χ4n) is 4.19. The molecule has 0 bridgehead atoms. The molecule has 3 aromatic rings. The number of benzene rings is 1. The third-order valence-corrected chi connectivity index (χ3v) is 6.01. The first-order valence-corrected chi connectivity index (χ1v) is 11.7. The van der Waals surface area contributed by atoms with Crippen LogP contribution in [0.15, 0.2) is 36.4 Å². The monoisotopic (exact) mass is 506 g/mol. The SMILES string of the molecule is Fc1ccc(-c2ccc3nc(NC4CCCC4)nc(N4CCNCC4)c3n2)cc1.O=C(O)C(F)(F)F. The number of rotatable bonds is 4. The summed E-state index contributed by atoms with van der Waals surface area (Å²) < 4.78 is 45.0. The van der Waals surface area contributed by atoms with Gasteiger partial charge in [0.05, 0.1) is 11.2 Å². The van der Waals surface area contributed by atoms with Crippen LogP contribution in [-0.2, 0) is 4.79 Å². The molecule has 1 aliphatic carbocycles. The number of hydrogen-bond acceptors (Lipinski definition) is 7. The van der Waals surface area contributed by atoms with Crippen LogP contribution in [0, 0.1) is 5.82 Å². The highest BCUT2D eigenvalue weighted by atomic mass is 19.4. The number of nitrogens with one attached hydrogen (secondary N) is 2. The summed E-state index contributed by atoms with van der Waals surface area (Å²) in [5, 5.41) is 14.0. The van der Waals surface area contributed by atoms with Crippen molar-refractivity contribution in [2.75, 3.05) is 36.4 Å². The molecular weight excluding hydrogens is 480 g/mol. The zero-order valence-corrected chi connectivity index (χ0v) is 19.4. The van der Waals surface area contributed by atoms with Gasteiger partial charge in [-0.1, -0.05) is 12.8 Å². The molecule has 0 spiro atoms. The molecule has 0 atom stereocenters. The first-order chi connectivity index (χ1) is 17.2. The number of nitrogens with zero attached hydrogens (tertiary/aromatic N) is 4. The minimum absolute atomic E-state index is 0.248. The van der Waals surface area contributed by atoms with Gasteiger partial charge in [0.15, 0.2) is 5.82 Å². The van der Waals surface area contributed by atoms with Crippen LogP contribution in [0.25, 0.3) is 22.3 Å². The minimum atomic E-state index is -5.08. The highest BCUT2D eigenvalue weighted by molar-refractivity contribution is 5.89. The molecule has 1 saturated carbocycles. The first kappa shape index (κ1) is 25.5. The summed E-state index contributed by atoms with van der Waals surface area (Å²) in [5.74, 6) is -1.44. The standard InChI is InChI=1S/C22H25FN6.C2HF3O2/c23-16-7-5-15(6-8-16)18-9-10-19-20(26-18)21(29-13-11-24-12-14-29)28-22(27-19)25-17-3-1-2-4-17;3-2(4,5)1(6)7/h5-10,17,24H,1-4,11-14H2,(H,25,27,28);(H,6,7). The van der Waals surface area contributed by atoms with Crippen molar-refractivity contribution in [1.82, 2.24) is 20.3 Å². The van der Waals surface area contributed by atoms with Crippen LogP contribution in [0.3, 0.4) is 0 Å². The summed E-state index contributed by atoms with van der Waals surface area (Å²) in [6.45, 7) is 3.62. The van der Waals surface area contributed by atoms with Gasteiger partial charge in [-0.3, -0.25) is 0 Å². The van der Waals surface area contributed by atoms with Gasteiger partial charge in [-0.25, -0.2) is 19.2 Å². The molecule has 192 valence electrons. The van der Waals surface area contributed by atoms with E-state index in [1.165, 1.54) is 37.8 Å². The average Bonchev–Trinajstić information content (AvgIpc) is 3.37. The van der Waals surface area contributed by atoms with E-state index < -0.39 is 12.1 Å². The molecular formula is C24H26F4N6O2. The number of pyridine rings is 1. The molecule has 1 aliphatic heterocycles. The van der Waals surface area contributed by atoms with Crippen molar-refractivity contribution in [2.24, 2.45) is 0 Å². The van der Waals surface area contributed by atoms with Gasteiger partial charge in [0, 0.05) is 37.8 Å². The van der Waals surface area contributed by atoms with Crippen molar-refractivity contribution in [3.63, 3.8) is 0 Å². The van der Waals surface area contributed by atoms with Gasteiger partial charge in [-0.15, -0.1) is 0 Å². The number of anilines is 2. The topological polar surface area (TPSA) is 103 Å². The molecule has 1 aromatic carbocycles. The maximum absolute atomic E-state index is 13.3. The van der Waals surface area contributed by atoms with E-state index in [9.17, 15) is 17.6 Å². The Kier molecular flexibility index (Phi) is 7.82. The fourth-order valence-corrected chi connectivity index (χ4v) is 4.19. The number of halogens is 4. The van der Waals surface area contributed by atoms with E-state index in [4.69, 9.17) is 24.9 Å². The average molecular weight is 507 g/mol. The lowest BCUT2D eigenvalue weighted by atomic mass is 10.1. The summed E-state index contributed by atoms with van der Waals surface area (Å²) in [6.07, 6.45) is -0.213. The predicted molar refractivity (Wildman–Crippen MR) is 127 cm³/mol. The Balaban J connectivity index is 0.000000384. The summed E-state index contributed by atoms with van der Waals surface area (Å²) in [7, 11) is 0. The van der Waals surface area contributed by atoms with Crippen molar-refractivity contribution < 1.29 is 27.5 Å². The van der Waals surface area contributed by atoms with Gasteiger partial charge in [-0.05, 0) is 49.2 Å². The lowest BCUT2D eigenvalue weighted by Gasteiger charge is -2.29. The van der Waals surface area contributed by atoms with E-state index in [-0.39, 0.29) is 5.82 Å². The number of carboxylic acid groups (broad SMARTS) is 1. The van der Waals surface area contributed by atoms with Crippen molar-refractivity contribution in [3.8, 4) is 11.3 Å².